The van der Waals surface area contributed by atoms with E-state index in [1.54, 1.807) is 0 Å². The molecule has 0 spiro atoms. The van der Waals surface area contributed by atoms with Crippen LogP contribution in [0.5, 0.6) is 5.75 Å². The van der Waals surface area contributed by atoms with Gasteiger partial charge in [0, 0.05) is 12.2 Å². The predicted molar refractivity (Wildman–Crippen MR) is 62.4 cm³/mol. The van der Waals surface area contributed by atoms with Crippen molar-refractivity contribution in [3.8, 4) is 5.75 Å². The van der Waals surface area contributed by atoms with Crippen molar-refractivity contribution in [2.45, 2.75) is 39.2 Å². The molecule has 1 aromatic rings. The number of carbonyl (C=O) groups is 1. The van der Waals surface area contributed by atoms with Crippen LogP contribution in [0, 0.1) is 0 Å². The van der Waals surface area contributed by atoms with Crippen LogP contribution in [-0.2, 0) is 0 Å². The van der Waals surface area contributed by atoms with Gasteiger partial charge < -0.3 is 10.4 Å². The topological polar surface area (TPSA) is 62.2 Å². The summed E-state index contributed by atoms with van der Waals surface area (Å²) in [6.07, 6.45) is 5.67. The SMILES string of the molecule is CCCC(CC)NC(=O)c1cncc(O)c1. The maximum absolute atomic E-state index is 11.8. The third-order valence-electron chi connectivity index (χ3n) is 2.45. The van der Waals surface area contributed by atoms with Gasteiger partial charge in [0.1, 0.15) is 5.75 Å². The molecule has 1 amide bonds. The van der Waals surface area contributed by atoms with E-state index in [2.05, 4.69) is 17.2 Å². The highest BCUT2D eigenvalue weighted by Crippen LogP contribution is 2.09. The number of aromatic hydroxyl groups is 1. The molecule has 1 rings (SSSR count). The summed E-state index contributed by atoms with van der Waals surface area (Å²) >= 11 is 0. The van der Waals surface area contributed by atoms with Gasteiger partial charge in [-0.05, 0) is 18.9 Å². The fourth-order valence-corrected chi connectivity index (χ4v) is 1.55. The summed E-state index contributed by atoms with van der Waals surface area (Å²) in [4.78, 5) is 15.6. The molecule has 0 aromatic carbocycles. The number of hydrogen-bond acceptors (Lipinski definition) is 3. The molecule has 4 nitrogen and oxygen atoms in total. The van der Waals surface area contributed by atoms with Crippen LogP contribution >= 0.6 is 0 Å². The van der Waals surface area contributed by atoms with Gasteiger partial charge in [-0.2, -0.15) is 0 Å². The molecule has 0 saturated heterocycles. The van der Waals surface area contributed by atoms with Gasteiger partial charge in [-0.15, -0.1) is 0 Å². The fraction of sp³-hybridized carbons (Fsp3) is 0.500. The molecule has 0 radical (unpaired) electrons. The lowest BCUT2D eigenvalue weighted by Gasteiger charge is -2.15. The van der Waals surface area contributed by atoms with Gasteiger partial charge in [-0.25, -0.2) is 0 Å². The Labute approximate surface area is 95.7 Å². The van der Waals surface area contributed by atoms with Gasteiger partial charge >= 0.3 is 0 Å². The Bertz CT molecular complexity index is 353. The lowest BCUT2D eigenvalue weighted by atomic mass is 10.1. The average molecular weight is 222 g/mol. The highest BCUT2D eigenvalue weighted by atomic mass is 16.3. The molecule has 1 atom stereocenters. The van der Waals surface area contributed by atoms with Gasteiger partial charge in [0.25, 0.3) is 5.91 Å². The second kappa shape index (κ2) is 6.10. The summed E-state index contributed by atoms with van der Waals surface area (Å²) in [5.41, 5.74) is 0.398. The molecule has 1 aromatic heterocycles. The summed E-state index contributed by atoms with van der Waals surface area (Å²) < 4.78 is 0. The van der Waals surface area contributed by atoms with Crippen LogP contribution in [0.25, 0.3) is 0 Å². The normalized spacial score (nSPS) is 12.1. The Morgan fingerprint density at radius 3 is 2.81 bits per heavy atom. The largest absolute Gasteiger partial charge is 0.506 e. The fourth-order valence-electron chi connectivity index (χ4n) is 1.55. The molecule has 0 bridgehead atoms. The highest BCUT2D eigenvalue weighted by molar-refractivity contribution is 5.94. The van der Waals surface area contributed by atoms with Crippen LogP contribution in [0.3, 0.4) is 0 Å². The van der Waals surface area contributed by atoms with E-state index >= 15 is 0 Å². The summed E-state index contributed by atoms with van der Waals surface area (Å²) in [5.74, 6) is -0.167. The van der Waals surface area contributed by atoms with E-state index in [1.165, 1.54) is 18.5 Å². The predicted octanol–water partition coefficient (Wildman–Crippen LogP) is 2.10. The third-order valence-corrected chi connectivity index (χ3v) is 2.45. The van der Waals surface area contributed by atoms with Crippen molar-refractivity contribution in [2.75, 3.05) is 0 Å². The van der Waals surface area contributed by atoms with Crippen LogP contribution in [-0.4, -0.2) is 22.0 Å². The maximum atomic E-state index is 11.8. The molecule has 0 aliphatic heterocycles. The van der Waals surface area contributed by atoms with Gasteiger partial charge in [0.15, 0.2) is 0 Å². The van der Waals surface area contributed by atoms with Crippen LogP contribution in [0.2, 0.25) is 0 Å². The van der Waals surface area contributed by atoms with Gasteiger partial charge in [-0.1, -0.05) is 20.3 Å². The number of nitrogens with one attached hydrogen (secondary N) is 1. The molecule has 0 fully saturated rings. The van der Waals surface area contributed by atoms with Gasteiger partial charge in [-0.3, -0.25) is 9.78 Å². The summed E-state index contributed by atoms with van der Waals surface area (Å²) in [6.45, 7) is 4.13. The molecule has 88 valence electrons. The summed E-state index contributed by atoms with van der Waals surface area (Å²) in [5, 5.41) is 12.1. The van der Waals surface area contributed by atoms with Crippen molar-refractivity contribution >= 4 is 5.91 Å². The van der Waals surface area contributed by atoms with Crippen molar-refractivity contribution in [2.24, 2.45) is 0 Å². The number of nitrogens with zero attached hydrogens (tertiary/aromatic N) is 1. The second-order valence-electron chi connectivity index (χ2n) is 3.80. The first-order valence-electron chi connectivity index (χ1n) is 5.62. The highest BCUT2D eigenvalue weighted by Gasteiger charge is 2.11. The minimum absolute atomic E-state index is 0.0104. The lowest BCUT2D eigenvalue weighted by molar-refractivity contribution is 0.0933. The maximum Gasteiger partial charge on any atom is 0.253 e. The zero-order valence-corrected chi connectivity index (χ0v) is 9.73. The van der Waals surface area contributed by atoms with Gasteiger partial charge in [0.2, 0.25) is 0 Å². The minimum Gasteiger partial charge on any atom is -0.506 e. The Morgan fingerprint density at radius 1 is 1.50 bits per heavy atom. The number of carbonyl (C=O) groups excluding carboxylic acids is 1. The molecule has 2 N–H and O–H groups in total. The average Bonchev–Trinajstić information content (AvgIpc) is 2.28. The van der Waals surface area contributed by atoms with Crippen LogP contribution in [0.1, 0.15) is 43.5 Å². The van der Waals surface area contributed by atoms with E-state index in [9.17, 15) is 9.90 Å². The van der Waals surface area contributed by atoms with E-state index in [1.807, 2.05) is 6.92 Å². The molecule has 0 aliphatic carbocycles. The second-order valence-corrected chi connectivity index (χ2v) is 3.80. The molecule has 0 aliphatic rings. The Morgan fingerprint density at radius 2 is 2.25 bits per heavy atom. The quantitative estimate of drug-likeness (QED) is 0.802. The molecule has 0 saturated carbocycles. The van der Waals surface area contributed by atoms with Crippen LogP contribution in [0.4, 0.5) is 0 Å². The number of amides is 1. The standard InChI is InChI=1S/C12H18N2O2/c1-3-5-10(4-2)14-12(16)9-6-11(15)8-13-7-9/h6-8,10,15H,3-5H2,1-2H3,(H,14,16). The molecular formula is C12H18N2O2. The number of rotatable bonds is 5. The van der Waals surface area contributed by atoms with E-state index in [4.69, 9.17) is 0 Å². The number of hydrogen-bond donors (Lipinski definition) is 2. The zero-order valence-electron chi connectivity index (χ0n) is 9.73. The van der Waals surface area contributed by atoms with Crippen molar-refractivity contribution in [1.29, 1.82) is 0 Å². The molecule has 1 unspecified atom stereocenters. The van der Waals surface area contributed by atoms with Crippen molar-refractivity contribution in [3.05, 3.63) is 24.0 Å². The lowest BCUT2D eigenvalue weighted by Crippen LogP contribution is -2.34. The Kier molecular flexibility index (Phi) is 4.76. The van der Waals surface area contributed by atoms with E-state index < -0.39 is 0 Å². The number of aromatic nitrogens is 1. The van der Waals surface area contributed by atoms with Crippen LogP contribution in [0.15, 0.2) is 18.5 Å². The first kappa shape index (κ1) is 12.5. The summed E-state index contributed by atoms with van der Waals surface area (Å²) in [7, 11) is 0. The molecular weight excluding hydrogens is 204 g/mol. The first-order chi connectivity index (χ1) is 7.67. The Balaban J connectivity index is 2.64. The zero-order chi connectivity index (χ0) is 12.0. The van der Waals surface area contributed by atoms with Gasteiger partial charge in [0.05, 0.1) is 11.8 Å². The molecule has 16 heavy (non-hydrogen) atoms. The van der Waals surface area contributed by atoms with E-state index in [-0.39, 0.29) is 17.7 Å². The van der Waals surface area contributed by atoms with E-state index in [0.29, 0.717) is 5.56 Å². The first-order valence-corrected chi connectivity index (χ1v) is 5.62. The van der Waals surface area contributed by atoms with Crippen molar-refractivity contribution < 1.29 is 9.90 Å². The van der Waals surface area contributed by atoms with Crippen molar-refractivity contribution in [3.63, 3.8) is 0 Å². The minimum atomic E-state index is -0.177. The van der Waals surface area contributed by atoms with E-state index in [0.717, 1.165) is 19.3 Å². The Hall–Kier alpha value is -1.58. The smallest absolute Gasteiger partial charge is 0.253 e. The summed E-state index contributed by atoms with van der Waals surface area (Å²) in [6, 6.07) is 1.61. The monoisotopic (exact) mass is 222 g/mol. The molecule has 4 heteroatoms. The van der Waals surface area contributed by atoms with Crippen LogP contribution < -0.4 is 5.32 Å². The molecule has 1 heterocycles. The van der Waals surface area contributed by atoms with Crippen molar-refractivity contribution in [1.82, 2.24) is 10.3 Å². The third kappa shape index (κ3) is 3.53. The number of pyridine rings is 1.